The molecule has 1 N–H and O–H groups in total. The summed E-state index contributed by atoms with van der Waals surface area (Å²) in [6.45, 7) is 3.53. The molecule has 1 aromatic heterocycles. The van der Waals surface area contributed by atoms with Crippen LogP contribution in [-0.2, 0) is 11.3 Å². The van der Waals surface area contributed by atoms with E-state index in [1.165, 1.54) is 12.8 Å². The number of halogens is 1. The fraction of sp³-hybridized carbons (Fsp3) is 0.636. The smallest absolute Gasteiger partial charge is 0.193 e. The second-order valence-electron chi connectivity index (χ2n) is 3.92. The molecule has 2 rings (SSSR count). The molecule has 84 valence electrons. The highest BCUT2D eigenvalue weighted by Gasteiger charge is 2.13. The fourth-order valence-electron chi connectivity index (χ4n) is 1.81. The molecule has 1 fully saturated rings. The molecule has 1 saturated heterocycles. The molecule has 1 atom stereocenters. The Labute approximate surface area is 94.7 Å². The molecule has 1 aliphatic heterocycles. The fourth-order valence-corrected chi connectivity index (χ4v) is 1.98. The Hall–Kier alpha value is -0.510. The van der Waals surface area contributed by atoms with E-state index in [0.29, 0.717) is 11.1 Å². The van der Waals surface area contributed by atoms with Crippen LogP contribution in [0.1, 0.15) is 18.6 Å². The summed E-state index contributed by atoms with van der Waals surface area (Å²) >= 11 is 5.67. The molecular formula is C11H16ClNO2. The predicted octanol–water partition coefficient (Wildman–Crippen LogP) is 2.45. The molecule has 1 aromatic rings. The lowest BCUT2D eigenvalue weighted by atomic mass is 10.0. The van der Waals surface area contributed by atoms with Crippen LogP contribution in [0, 0.1) is 5.92 Å². The molecule has 0 aliphatic carbocycles. The normalized spacial score (nSPS) is 21.8. The van der Waals surface area contributed by atoms with Crippen molar-refractivity contribution >= 4 is 11.6 Å². The maximum Gasteiger partial charge on any atom is 0.193 e. The summed E-state index contributed by atoms with van der Waals surface area (Å²) < 4.78 is 10.6. The zero-order valence-corrected chi connectivity index (χ0v) is 9.43. The van der Waals surface area contributed by atoms with Crippen LogP contribution in [0.3, 0.4) is 0 Å². The van der Waals surface area contributed by atoms with E-state index in [1.807, 2.05) is 6.07 Å². The Morgan fingerprint density at radius 3 is 3.07 bits per heavy atom. The molecule has 0 amide bonds. The Balaban J connectivity index is 1.65. The summed E-state index contributed by atoms with van der Waals surface area (Å²) in [5.74, 6) is 1.53. The molecule has 1 unspecified atom stereocenters. The summed E-state index contributed by atoms with van der Waals surface area (Å²) in [6, 6.07) is 3.66. The van der Waals surface area contributed by atoms with Crippen molar-refractivity contribution in [1.82, 2.24) is 5.32 Å². The molecule has 15 heavy (non-hydrogen) atoms. The summed E-state index contributed by atoms with van der Waals surface area (Å²) in [4.78, 5) is 0. The number of hydrogen-bond donors (Lipinski definition) is 1. The van der Waals surface area contributed by atoms with E-state index >= 15 is 0 Å². The third kappa shape index (κ3) is 3.52. The van der Waals surface area contributed by atoms with Crippen molar-refractivity contribution in [3.05, 3.63) is 23.1 Å². The molecule has 2 heterocycles. The summed E-state index contributed by atoms with van der Waals surface area (Å²) in [5.41, 5.74) is 0. The van der Waals surface area contributed by atoms with Crippen molar-refractivity contribution in [2.75, 3.05) is 19.8 Å². The maximum atomic E-state index is 5.67. The van der Waals surface area contributed by atoms with Gasteiger partial charge in [-0.15, -0.1) is 0 Å². The lowest BCUT2D eigenvalue weighted by Crippen LogP contribution is -2.28. The second kappa shape index (κ2) is 5.54. The predicted molar refractivity (Wildman–Crippen MR) is 59.0 cm³/mol. The molecule has 1 aliphatic rings. The minimum atomic E-state index is 0.452. The molecule has 0 bridgehead atoms. The van der Waals surface area contributed by atoms with E-state index in [0.717, 1.165) is 32.1 Å². The third-order valence-corrected chi connectivity index (χ3v) is 2.82. The van der Waals surface area contributed by atoms with Crippen LogP contribution in [0.15, 0.2) is 16.5 Å². The van der Waals surface area contributed by atoms with Crippen LogP contribution in [0.4, 0.5) is 0 Å². The van der Waals surface area contributed by atoms with Crippen LogP contribution in [0.25, 0.3) is 0 Å². The largest absolute Gasteiger partial charge is 0.448 e. The van der Waals surface area contributed by atoms with Crippen LogP contribution >= 0.6 is 11.6 Å². The Morgan fingerprint density at radius 2 is 2.40 bits per heavy atom. The molecule has 3 nitrogen and oxygen atoms in total. The van der Waals surface area contributed by atoms with Gasteiger partial charge in [-0.1, -0.05) is 0 Å². The van der Waals surface area contributed by atoms with Gasteiger partial charge in [-0.25, -0.2) is 0 Å². The highest BCUT2D eigenvalue weighted by atomic mass is 35.5. The number of rotatable bonds is 4. The van der Waals surface area contributed by atoms with E-state index in [9.17, 15) is 0 Å². The first-order chi connectivity index (χ1) is 7.34. The molecular weight excluding hydrogens is 214 g/mol. The zero-order valence-electron chi connectivity index (χ0n) is 8.67. The van der Waals surface area contributed by atoms with Gasteiger partial charge >= 0.3 is 0 Å². The van der Waals surface area contributed by atoms with Gasteiger partial charge in [0, 0.05) is 13.2 Å². The van der Waals surface area contributed by atoms with Crippen molar-refractivity contribution in [2.24, 2.45) is 5.92 Å². The van der Waals surface area contributed by atoms with Gasteiger partial charge in [-0.2, -0.15) is 0 Å². The van der Waals surface area contributed by atoms with Gasteiger partial charge in [-0.05, 0) is 42.5 Å². The maximum absolute atomic E-state index is 5.67. The highest BCUT2D eigenvalue weighted by Crippen LogP contribution is 2.14. The van der Waals surface area contributed by atoms with Gasteiger partial charge in [0.25, 0.3) is 0 Å². The van der Waals surface area contributed by atoms with Gasteiger partial charge in [-0.3, -0.25) is 0 Å². The van der Waals surface area contributed by atoms with Crippen molar-refractivity contribution in [3.8, 4) is 0 Å². The SMILES string of the molecule is Clc1ccc(CNCC2CCCOC2)o1. The first kappa shape index (κ1) is 11.0. The van der Waals surface area contributed by atoms with Crippen molar-refractivity contribution < 1.29 is 9.15 Å². The van der Waals surface area contributed by atoms with Crippen molar-refractivity contribution in [1.29, 1.82) is 0 Å². The first-order valence-corrected chi connectivity index (χ1v) is 5.75. The molecule has 4 heteroatoms. The second-order valence-corrected chi connectivity index (χ2v) is 4.29. The van der Waals surface area contributed by atoms with Crippen molar-refractivity contribution in [3.63, 3.8) is 0 Å². The van der Waals surface area contributed by atoms with Gasteiger partial charge in [0.15, 0.2) is 5.22 Å². The number of ether oxygens (including phenoxy) is 1. The Bertz CT molecular complexity index is 295. The number of furan rings is 1. The van der Waals surface area contributed by atoms with E-state index in [-0.39, 0.29) is 0 Å². The molecule has 0 aromatic carbocycles. The average Bonchev–Trinajstić information content (AvgIpc) is 2.66. The third-order valence-electron chi connectivity index (χ3n) is 2.62. The summed E-state index contributed by atoms with van der Waals surface area (Å²) in [5, 5.41) is 3.80. The minimum absolute atomic E-state index is 0.452. The zero-order chi connectivity index (χ0) is 10.5. The highest BCUT2D eigenvalue weighted by molar-refractivity contribution is 6.28. The van der Waals surface area contributed by atoms with E-state index in [2.05, 4.69) is 5.32 Å². The first-order valence-electron chi connectivity index (χ1n) is 5.37. The lowest BCUT2D eigenvalue weighted by molar-refractivity contribution is 0.0546. The quantitative estimate of drug-likeness (QED) is 0.861. The number of nitrogens with one attached hydrogen (secondary N) is 1. The van der Waals surface area contributed by atoms with Crippen LogP contribution in [0.5, 0.6) is 0 Å². The topological polar surface area (TPSA) is 34.4 Å². The van der Waals surface area contributed by atoms with Crippen LogP contribution < -0.4 is 5.32 Å². The summed E-state index contributed by atoms with van der Waals surface area (Å²) in [6.07, 6.45) is 2.44. The van der Waals surface area contributed by atoms with Crippen LogP contribution in [-0.4, -0.2) is 19.8 Å². The van der Waals surface area contributed by atoms with Crippen LogP contribution in [0.2, 0.25) is 5.22 Å². The van der Waals surface area contributed by atoms with Crippen molar-refractivity contribution in [2.45, 2.75) is 19.4 Å². The Kier molecular flexibility index (Phi) is 4.06. The van der Waals surface area contributed by atoms with E-state index in [1.54, 1.807) is 6.07 Å². The van der Waals surface area contributed by atoms with Gasteiger partial charge < -0.3 is 14.5 Å². The lowest BCUT2D eigenvalue weighted by Gasteiger charge is -2.21. The average molecular weight is 230 g/mol. The molecule has 0 radical (unpaired) electrons. The van der Waals surface area contributed by atoms with Gasteiger partial charge in [0.2, 0.25) is 0 Å². The number of hydrogen-bond acceptors (Lipinski definition) is 3. The van der Waals surface area contributed by atoms with E-state index < -0.39 is 0 Å². The molecule has 0 saturated carbocycles. The minimum Gasteiger partial charge on any atom is -0.448 e. The standard InChI is InChI=1S/C11H16ClNO2/c12-11-4-3-10(15-11)7-13-6-9-2-1-5-14-8-9/h3-4,9,13H,1-2,5-8H2. The van der Waals surface area contributed by atoms with E-state index in [4.69, 9.17) is 20.8 Å². The summed E-state index contributed by atoms with van der Waals surface area (Å²) in [7, 11) is 0. The van der Waals surface area contributed by atoms with Gasteiger partial charge in [0.05, 0.1) is 13.2 Å². The molecule has 0 spiro atoms. The van der Waals surface area contributed by atoms with Gasteiger partial charge in [0.1, 0.15) is 5.76 Å². The monoisotopic (exact) mass is 229 g/mol. The Morgan fingerprint density at radius 1 is 1.47 bits per heavy atom.